The van der Waals surface area contributed by atoms with E-state index in [9.17, 15) is 10.2 Å². The summed E-state index contributed by atoms with van der Waals surface area (Å²) in [6.07, 6.45) is 4.53. The molecule has 2 aromatic rings. The Bertz CT molecular complexity index is 581. The summed E-state index contributed by atoms with van der Waals surface area (Å²) in [5.41, 5.74) is 2.48. The molecule has 0 saturated carbocycles. The largest absolute Gasteiger partial charge is 0.508 e. The lowest BCUT2D eigenvalue weighted by Crippen LogP contribution is -2.25. The molecule has 1 saturated heterocycles. The van der Waals surface area contributed by atoms with E-state index in [1.165, 1.54) is 11.1 Å². The van der Waals surface area contributed by atoms with E-state index < -0.39 is 0 Å². The van der Waals surface area contributed by atoms with Crippen molar-refractivity contribution in [1.82, 2.24) is 0 Å². The average molecular weight is 298 g/mol. The van der Waals surface area contributed by atoms with Crippen molar-refractivity contribution in [3.05, 3.63) is 59.7 Å². The predicted molar refractivity (Wildman–Crippen MR) is 86.2 cm³/mol. The van der Waals surface area contributed by atoms with Gasteiger partial charge in [0.1, 0.15) is 11.5 Å². The summed E-state index contributed by atoms with van der Waals surface area (Å²) < 4.78 is 6.01. The third-order valence-corrected chi connectivity index (χ3v) is 4.43. The highest BCUT2D eigenvalue weighted by Gasteiger charge is 2.22. The van der Waals surface area contributed by atoms with E-state index in [0.717, 1.165) is 32.3 Å². The van der Waals surface area contributed by atoms with Crippen LogP contribution >= 0.6 is 0 Å². The summed E-state index contributed by atoms with van der Waals surface area (Å²) >= 11 is 0. The van der Waals surface area contributed by atoms with Gasteiger partial charge in [-0.15, -0.1) is 0 Å². The second kappa shape index (κ2) is 6.84. The van der Waals surface area contributed by atoms with Crippen LogP contribution in [-0.4, -0.2) is 22.9 Å². The number of aromatic hydroxyl groups is 2. The number of hydrogen-bond donors (Lipinski definition) is 2. The summed E-state index contributed by atoms with van der Waals surface area (Å²) in [7, 11) is 0. The van der Waals surface area contributed by atoms with Crippen molar-refractivity contribution in [3.63, 3.8) is 0 Å². The van der Waals surface area contributed by atoms with Crippen LogP contribution in [0.3, 0.4) is 0 Å². The van der Waals surface area contributed by atoms with Crippen molar-refractivity contribution in [2.75, 3.05) is 6.61 Å². The second-order valence-electron chi connectivity index (χ2n) is 6.03. The molecule has 0 aromatic heterocycles. The van der Waals surface area contributed by atoms with Gasteiger partial charge in [0.25, 0.3) is 0 Å². The van der Waals surface area contributed by atoms with Crippen LogP contribution in [0.4, 0.5) is 0 Å². The second-order valence-corrected chi connectivity index (χ2v) is 6.03. The van der Waals surface area contributed by atoms with Crippen molar-refractivity contribution in [1.29, 1.82) is 0 Å². The minimum absolute atomic E-state index is 0.312. The Morgan fingerprint density at radius 1 is 0.864 bits per heavy atom. The maximum absolute atomic E-state index is 9.35. The zero-order valence-corrected chi connectivity index (χ0v) is 12.6. The molecule has 3 rings (SSSR count). The molecule has 0 bridgehead atoms. The Morgan fingerprint density at radius 2 is 1.50 bits per heavy atom. The quantitative estimate of drug-likeness (QED) is 0.897. The number of phenols is 2. The molecule has 0 spiro atoms. The van der Waals surface area contributed by atoms with E-state index in [4.69, 9.17) is 4.74 Å². The van der Waals surface area contributed by atoms with Crippen LogP contribution in [0, 0.1) is 0 Å². The molecule has 2 aromatic carbocycles. The Morgan fingerprint density at radius 3 is 2.09 bits per heavy atom. The van der Waals surface area contributed by atoms with Gasteiger partial charge in [0, 0.05) is 5.92 Å². The van der Waals surface area contributed by atoms with Crippen LogP contribution in [0.2, 0.25) is 0 Å². The molecular formula is C19H22O3. The SMILES string of the molecule is Oc1ccc(CC[C@H]2CC[C@H](c3ccc(O)cc3)CO2)cc1. The van der Waals surface area contributed by atoms with Crippen LogP contribution in [0.1, 0.15) is 36.3 Å². The summed E-state index contributed by atoms with van der Waals surface area (Å²) in [4.78, 5) is 0. The normalized spacial score (nSPS) is 21.6. The standard InChI is InChI=1S/C19H22O3/c20-17-7-1-14(2-8-17)3-11-19-12-6-16(13-22-19)15-4-9-18(21)10-5-15/h1-2,4-5,7-10,16,19-21H,3,6,11-13H2/t16-,19-/m0/s1. The molecule has 1 aliphatic heterocycles. The van der Waals surface area contributed by atoms with Crippen LogP contribution < -0.4 is 0 Å². The smallest absolute Gasteiger partial charge is 0.115 e. The maximum atomic E-state index is 9.35. The van der Waals surface area contributed by atoms with Gasteiger partial charge in [0.2, 0.25) is 0 Å². The average Bonchev–Trinajstić information content (AvgIpc) is 2.56. The monoisotopic (exact) mass is 298 g/mol. The van der Waals surface area contributed by atoms with Gasteiger partial charge in [0.05, 0.1) is 12.7 Å². The zero-order chi connectivity index (χ0) is 15.4. The molecule has 1 fully saturated rings. The molecule has 0 unspecified atom stereocenters. The molecule has 1 heterocycles. The maximum Gasteiger partial charge on any atom is 0.115 e. The minimum Gasteiger partial charge on any atom is -0.508 e. The molecule has 22 heavy (non-hydrogen) atoms. The van der Waals surface area contributed by atoms with Crippen LogP contribution in [-0.2, 0) is 11.2 Å². The minimum atomic E-state index is 0.312. The fraction of sp³-hybridized carbons (Fsp3) is 0.368. The van der Waals surface area contributed by atoms with Gasteiger partial charge in [-0.3, -0.25) is 0 Å². The first-order valence-electron chi connectivity index (χ1n) is 7.89. The molecule has 0 amide bonds. The number of hydrogen-bond acceptors (Lipinski definition) is 3. The Balaban J connectivity index is 1.47. The highest BCUT2D eigenvalue weighted by Crippen LogP contribution is 2.30. The van der Waals surface area contributed by atoms with Gasteiger partial charge in [-0.1, -0.05) is 24.3 Å². The van der Waals surface area contributed by atoms with Crippen molar-refractivity contribution >= 4 is 0 Å². The van der Waals surface area contributed by atoms with Crippen molar-refractivity contribution in [3.8, 4) is 11.5 Å². The number of benzene rings is 2. The van der Waals surface area contributed by atoms with Crippen LogP contribution in [0.25, 0.3) is 0 Å². The molecule has 3 nitrogen and oxygen atoms in total. The van der Waals surface area contributed by atoms with Gasteiger partial charge in [-0.25, -0.2) is 0 Å². The molecule has 116 valence electrons. The first-order valence-corrected chi connectivity index (χ1v) is 7.89. The molecule has 2 N–H and O–H groups in total. The third kappa shape index (κ3) is 3.80. The number of ether oxygens (including phenoxy) is 1. The molecule has 0 aliphatic carbocycles. The molecular weight excluding hydrogens is 276 g/mol. The molecule has 1 aliphatic rings. The van der Waals surface area contributed by atoms with Gasteiger partial charge >= 0.3 is 0 Å². The topological polar surface area (TPSA) is 49.7 Å². The van der Waals surface area contributed by atoms with E-state index in [1.54, 1.807) is 24.3 Å². The first-order chi connectivity index (χ1) is 10.7. The number of phenolic OH excluding ortho intramolecular Hbond substituents is 2. The van der Waals surface area contributed by atoms with E-state index in [1.807, 2.05) is 24.3 Å². The summed E-state index contributed by atoms with van der Waals surface area (Å²) in [6.45, 7) is 0.755. The fourth-order valence-corrected chi connectivity index (χ4v) is 3.03. The predicted octanol–water partition coefficient (Wildman–Crippen LogP) is 3.99. The van der Waals surface area contributed by atoms with Gasteiger partial charge < -0.3 is 14.9 Å². The summed E-state index contributed by atoms with van der Waals surface area (Å²) in [5.74, 6) is 1.06. The van der Waals surface area contributed by atoms with Crippen molar-refractivity contribution in [2.24, 2.45) is 0 Å². The van der Waals surface area contributed by atoms with E-state index >= 15 is 0 Å². The number of rotatable bonds is 4. The fourth-order valence-electron chi connectivity index (χ4n) is 3.03. The van der Waals surface area contributed by atoms with Crippen molar-refractivity contribution in [2.45, 2.75) is 37.7 Å². The molecule has 0 radical (unpaired) electrons. The van der Waals surface area contributed by atoms with Gasteiger partial charge in [-0.2, -0.15) is 0 Å². The molecule has 3 heteroatoms. The lowest BCUT2D eigenvalue weighted by molar-refractivity contribution is -0.000564. The number of aryl methyl sites for hydroxylation is 1. The van der Waals surface area contributed by atoms with Crippen LogP contribution in [0.15, 0.2) is 48.5 Å². The van der Waals surface area contributed by atoms with Gasteiger partial charge in [-0.05, 0) is 61.1 Å². The highest BCUT2D eigenvalue weighted by molar-refractivity contribution is 5.29. The Kier molecular flexibility index (Phi) is 4.64. The van der Waals surface area contributed by atoms with E-state index in [0.29, 0.717) is 23.5 Å². The lowest BCUT2D eigenvalue weighted by Gasteiger charge is -2.29. The summed E-state index contributed by atoms with van der Waals surface area (Å²) in [5, 5.41) is 18.6. The summed E-state index contributed by atoms with van der Waals surface area (Å²) in [6, 6.07) is 14.9. The lowest BCUT2D eigenvalue weighted by atomic mass is 9.90. The Hall–Kier alpha value is -2.00. The third-order valence-electron chi connectivity index (χ3n) is 4.43. The van der Waals surface area contributed by atoms with Crippen LogP contribution in [0.5, 0.6) is 11.5 Å². The van der Waals surface area contributed by atoms with Crippen molar-refractivity contribution < 1.29 is 14.9 Å². The first kappa shape index (κ1) is 14.9. The van der Waals surface area contributed by atoms with Gasteiger partial charge in [0.15, 0.2) is 0 Å². The molecule has 2 atom stereocenters. The zero-order valence-electron chi connectivity index (χ0n) is 12.6. The Labute approximate surface area is 131 Å². The van der Waals surface area contributed by atoms with E-state index in [-0.39, 0.29) is 0 Å². The van der Waals surface area contributed by atoms with E-state index in [2.05, 4.69) is 0 Å². The highest BCUT2D eigenvalue weighted by atomic mass is 16.5.